The van der Waals surface area contributed by atoms with Crippen molar-refractivity contribution < 1.29 is 19.4 Å². The number of carbonyl (C=O) groups is 2. The van der Waals surface area contributed by atoms with E-state index in [2.05, 4.69) is 0 Å². The summed E-state index contributed by atoms with van der Waals surface area (Å²) >= 11 is 0. The summed E-state index contributed by atoms with van der Waals surface area (Å²) < 4.78 is 4.79. The predicted octanol–water partition coefficient (Wildman–Crippen LogP) is 0.454. The van der Waals surface area contributed by atoms with Crippen LogP contribution in [0.15, 0.2) is 42.5 Å². The van der Waals surface area contributed by atoms with E-state index in [-0.39, 0.29) is 33.9 Å². The maximum atomic E-state index is 10.9. The Bertz CT molecular complexity index is 373. The Morgan fingerprint density at radius 3 is 2.38 bits per heavy atom. The molecule has 0 atom stereocenters. The van der Waals surface area contributed by atoms with Gasteiger partial charge in [-0.1, -0.05) is 30.3 Å². The Morgan fingerprint density at radius 1 is 1.19 bits per heavy atom. The van der Waals surface area contributed by atoms with Crippen LogP contribution in [0.25, 0.3) is 0 Å². The van der Waals surface area contributed by atoms with E-state index < -0.39 is 11.9 Å². The Morgan fingerprint density at radius 2 is 1.81 bits per heavy atom. The first-order chi connectivity index (χ1) is 7.18. The molecule has 0 aromatic heterocycles. The minimum absolute atomic E-state index is 0. The summed E-state index contributed by atoms with van der Waals surface area (Å²) in [7, 11) is 0. The van der Waals surface area contributed by atoms with E-state index >= 15 is 0 Å². The Balaban J connectivity index is 0.00000225. The standard InChI is InChI=1S/C11H10O4.Pb.2H/c12-10(13)6-7-11(14)15-8-9-4-2-1-3-5-9;;;/h1-7H,8H2,(H,12,13);;;/b7-6+;;;. The average molecular weight is 415 g/mol. The third-order valence-electron chi connectivity index (χ3n) is 1.59. The van der Waals surface area contributed by atoms with E-state index in [4.69, 9.17) is 9.84 Å². The summed E-state index contributed by atoms with van der Waals surface area (Å²) in [4.78, 5) is 21.0. The van der Waals surface area contributed by atoms with Crippen molar-refractivity contribution in [2.75, 3.05) is 0 Å². The Hall–Kier alpha value is -1.18. The summed E-state index contributed by atoms with van der Waals surface area (Å²) in [5.41, 5.74) is 0.856. The van der Waals surface area contributed by atoms with Crippen LogP contribution in [-0.4, -0.2) is 44.3 Å². The van der Waals surface area contributed by atoms with E-state index in [0.29, 0.717) is 0 Å². The van der Waals surface area contributed by atoms with Gasteiger partial charge >= 0.3 is 39.2 Å². The molecule has 0 amide bonds. The molecule has 0 aliphatic heterocycles. The molecule has 0 unspecified atom stereocenters. The molecule has 1 aromatic carbocycles. The number of benzene rings is 1. The van der Waals surface area contributed by atoms with Crippen LogP contribution >= 0.6 is 0 Å². The van der Waals surface area contributed by atoms with E-state index in [1.54, 1.807) is 0 Å². The predicted molar refractivity (Wildman–Crippen MR) is 61.6 cm³/mol. The molecule has 4 nitrogen and oxygen atoms in total. The molecule has 0 spiro atoms. The van der Waals surface area contributed by atoms with Crippen molar-refractivity contribution in [3.05, 3.63) is 48.0 Å². The molecule has 2 radical (unpaired) electrons. The quantitative estimate of drug-likeness (QED) is 0.441. The molecule has 1 N–H and O–H groups in total. The van der Waals surface area contributed by atoms with Gasteiger partial charge in [0.15, 0.2) is 0 Å². The van der Waals surface area contributed by atoms with Gasteiger partial charge in [-0.05, 0) is 5.56 Å². The molecule has 0 aliphatic rings. The molecular formula is C11H12O4Pb. The maximum absolute atomic E-state index is 10.9. The first-order valence-corrected chi connectivity index (χ1v) is 4.30. The van der Waals surface area contributed by atoms with Gasteiger partial charge in [-0.15, -0.1) is 0 Å². The van der Waals surface area contributed by atoms with Gasteiger partial charge in [0.2, 0.25) is 0 Å². The Kier molecular flexibility index (Phi) is 7.44. The van der Waals surface area contributed by atoms with Crippen molar-refractivity contribution in [3.8, 4) is 0 Å². The number of carbonyl (C=O) groups excluding carboxylic acids is 1. The number of hydrogen-bond acceptors (Lipinski definition) is 3. The topological polar surface area (TPSA) is 63.6 Å². The van der Waals surface area contributed by atoms with Crippen LogP contribution < -0.4 is 0 Å². The molecule has 16 heavy (non-hydrogen) atoms. The fourth-order valence-corrected chi connectivity index (χ4v) is 0.916. The fourth-order valence-electron chi connectivity index (χ4n) is 0.916. The summed E-state index contributed by atoms with van der Waals surface area (Å²) in [6.07, 6.45) is 1.62. The number of hydrogen-bond donors (Lipinski definition) is 1. The zero-order chi connectivity index (χ0) is 11.1. The third-order valence-corrected chi connectivity index (χ3v) is 1.59. The van der Waals surface area contributed by atoms with Crippen molar-refractivity contribution in [1.29, 1.82) is 0 Å². The van der Waals surface area contributed by atoms with Crippen LogP contribution in [0.4, 0.5) is 0 Å². The van der Waals surface area contributed by atoms with Gasteiger partial charge in [0.25, 0.3) is 0 Å². The monoisotopic (exact) mass is 416 g/mol. The molecule has 0 saturated carbocycles. The SMILES string of the molecule is O=C(O)/C=C/C(=O)OCc1ccccc1.[PbH2]. The van der Waals surface area contributed by atoms with Gasteiger partial charge in [0, 0.05) is 12.2 Å². The summed E-state index contributed by atoms with van der Waals surface area (Å²) in [6, 6.07) is 9.14. The van der Waals surface area contributed by atoms with Crippen LogP contribution in [0.2, 0.25) is 0 Å². The second-order valence-electron chi connectivity index (χ2n) is 2.76. The zero-order valence-electron chi connectivity index (χ0n) is 8.63. The van der Waals surface area contributed by atoms with Gasteiger partial charge in [-0.3, -0.25) is 0 Å². The molecule has 84 valence electrons. The second kappa shape index (κ2) is 8.03. The molecule has 0 heterocycles. The minimum atomic E-state index is -1.17. The van der Waals surface area contributed by atoms with Crippen molar-refractivity contribution in [2.45, 2.75) is 6.61 Å². The van der Waals surface area contributed by atoms with Crippen LogP contribution in [0.3, 0.4) is 0 Å². The molecule has 0 saturated heterocycles. The van der Waals surface area contributed by atoms with Gasteiger partial charge in [-0.25, -0.2) is 9.59 Å². The normalized spacial score (nSPS) is 9.50. The fraction of sp³-hybridized carbons (Fsp3) is 0.0909. The van der Waals surface area contributed by atoms with Crippen molar-refractivity contribution in [1.82, 2.24) is 0 Å². The van der Waals surface area contributed by atoms with Crippen molar-refractivity contribution in [2.24, 2.45) is 0 Å². The van der Waals surface area contributed by atoms with Crippen LogP contribution in [0.1, 0.15) is 5.56 Å². The molecule has 1 rings (SSSR count). The van der Waals surface area contributed by atoms with E-state index in [0.717, 1.165) is 17.7 Å². The van der Waals surface area contributed by atoms with E-state index in [1.807, 2.05) is 30.3 Å². The van der Waals surface area contributed by atoms with Crippen LogP contribution in [0.5, 0.6) is 0 Å². The number of esters is 1. The number of rotatable bonds is 4. The Labute approximate surface area is 113 Å². The second-order valence-corrected chi connectivity index (χ2v) is 2.76. The number of carboxylic acid groups (broad SMARTS) is 1. The van der Waals surface area contributed by atoms with Gasteiger partial charge < -0.3 is 9.84 Å². The molecule has 0 fully saturated rings. The third kappa shape index (κ3) is 6.33. The van der Waals surface area contributed by atoms with E-state index in [9.17, 15) is 9.59 Å². The molecular weight excluding hydrogens is 403 g/mol. The molecule has 0 aliphatic carbocycles. The molecule has 1 aromatic rings. The summed E-state index contributed by atoms with van der Waals surface area (Å²) in [5.74, 6) is -1.84. The zero-order valence-corrected chi connectivity index (χ0v) is 14.1. The van der Waals surface area contributed by atoms with Crippen LogP contribution in [0, 0.1) is 0 Å². The van der Waals surface area contributed by atoms with Gasteiger partial charge in [0.05, 0.1) is 0 Å². The summed E-state index contributed by atoms with van der Waals surface area (Å²) in [6.45, 7) is 0.142. The average Bonchev–Trinajstić information content (AvgIpc) is 2.25. The number of ether oxygens (including phenoxy) is 1. The van der Waals surface area contributed by atoms with Crippen molar-refractivity contribution >= 4 is 39.2 Å². The van der Waals surface area contributed by atoms with Gasteiger partial charge in [-0.2, -0.15) is 0 Å². The first-order valence-electron chi connectivity index (χ1n) is 4.30. The number of aliphatic carboxylic acids is 1. The first kappa shape index (κ1) is 14.8. The molecule has 0 bridgehead atoms. The van der Waals surface area contributed by atoms with E-state index in [1.165, 1.54) is 0 Å². The number of carboxylic acids is 1. The molecule has 5 heteroatoms. The van der Waals surface area contributed by atoms with Crippen LogP contribution in [-0.2, 0) is 20.9 Å². The summed E-state index contributed by atoms with van der Waals surface area (Å²) in [5, 5.41) is 8.25. The van der Waals surface area contributed by atoms with Gasteiger partial charge in [0.1, 0.15) is 6.61 Å². The van der Waals surface area contributed by atoms with Crippen molar-refractivity contribution in [3.63, 3.8) is 0 Å².